The lowest BCUT2D eigenvalue weighted by molar-refractivity contribution is -0.125. The highest BCUT2D eigenvalue weighted by Crippen LogP contribution is 2.33. The molecule has 0 aliphatic heterocycles. The zero-order valence-corrected chi connectivity index (χ0v) is 12.2. The van der Waals surface area contributed by atoms with Gasteiger partial charge in [-0.25, -0.2) is 0 Å². The third kappa shape index (κ3) is 3.68. The average Bonchev–Trinajstić information content (AvgIpc) is 2.91. The molecular formula is C16H24OS. The predicted molar refractivity (Wildman–Crippen MR) is 78.0 cm³/mol. The number of hydrogen-bond acceptors (Lipinski definition) is 2. The van der Waals surface area contributed by atoms with Crippen LogP contribution in [0.25, 0.3) is 0 Å². The molecule has 1 aromatic rings. The minimum absolute atomic E-state index is 0.382. The van der Waals surface area contributed by atoms with Gasteiger partial charge in [0.25, 0.3) is 0 Å². The lowest BCUT2D eigenvalue weighted by Crippen LogP contribution is -2.26. The Kier molecular flexibility index (Phi) is 5.43. The molecule has 100 valence electrons. The molecule has 0 radical (unpaired) electrons. The molecule has 1 heterocycles. The molecule has 2 atom stereocenters. The van der Waals surface area contributed by atoms with Crippen LogP contribution in [-0.4, -0.2) is 5.78 Å². The molecule has 0 saturated heterocycles. The summed E-state index contributed by atoms with van der Waals surface area (Å²) < 4.78 is 0. The summed E-state index contributed by atoms with van der Waals surface area (Å²) in [5.41, 5.74) is 0. The van der Waals surface area contributed by atoms with Crippen LogP contribution in [0.3, 0.4) is 0 Å². The van der Waals surface area contributed by atoms with Gasteiger partial charge in [-0.05, 0) is 43.0 Å². The third-order valence-electron chi connectivity index (χ3n) is 4.27. The van der Waals surface area contributed by atoms with Crippen LogP contribution in [-0.2, 0) is 11.2 Å². The van der Waals surface area contributed by atoms with Crippen molar-refractivity contribution in [3.05, 3.63) is 22.4 Å². The third-order valence-corrected chi connectivity index (χ3v) is 5.21. The topological polar surface area (TPSA) is 17.1 Å². The van der Waals surface area contributed by atoms with Crippen LogP contribution in [0.15, 0.2) is 17.5 Å². The standard InChI is InChI=1S/C16H24OS/c1-2-13-7-3-4-10-15(13)16(17)11-5-8-14-9-6-12-18-14/h6,9,12-13,15H,2-5,7-8,10-11H2,1H3. The summed E-state index contributed by atoms with van der Waals surface area (Å²) in [4.78, 5) is 13.7. The molecule has 1 aliphatic carbocycles. The Balaban J connectivity index is 1.76. The fourth-order valence-corrected chi connectivity index (χ4v) is 3.95. The van der Waals surface area contributed by atoms with Gasteiger partial charge in [-0.1, -0.05) is 32.3 Å². The predicted octanol–water partition coefficient (Wildman–Crippen LogP) is 4.86. The van der Waals surface area contributed by atoms with E-state index in [9.17, 15) is 4.79 Å². The first kappa shape index (κ1) is 13.8. The van der Waals surface area contributed by atoms with E-state index in [-0.39, 0.29) is 0 Å². The molecule has 1 aliphatic rings. The van der Waals surface area contributed by atoms with Crippen molar-refractivity contribution in [3.63, 3.8) is 0 Å². The molecule has 2 unspecified atom stereocenters. The van der Waals surface area contributed by atoms with Crippen molar-refractivity contribution in [1.29, 1.82) is 0 Å². The number of carbonyl (C=O) groups is 1. The Morgan fingerprint density at radius 3 is 2.94 bits per heavy atom. The summed E-state index contributed by atoms with van der Waals surface area (Å²) in [5.74, 6) is 1.60. The number of rotatable bonds is 6. The first-order chi connectivity index (χ1) is 8.81. The lowest BCUT2D eigenvalue weighted by atomic mass is 9.75. The van der Waals surface area contributed by atoms with E-state index in [0.717, 1.165) is 25.7 Å². The summed E-state index contributed by atoms with van der Waals surface area (Å²) in [7, 11) is 0. The molecule has 0 spiro atoms. The molecule has 2 rings (SSSR count). The van der Waals surface area contributed by atoms with Crippen molar-refractivity contribution in [1.82, 2.24) is 0 Å². The maximum absolute atomic E-state index is 12.3. The van der Waals surface area contributed by atoms with Crippen LogP contribution in [0, 0.1) is 11.8 Å². The smallest absolute Gasteiger partial charge is 0.136 e. The summed E-state index contributed by atoms with van der Waals surface area (Å²) >= 11 is 1.80. The Labute approximate surface area is 115 Å². The molecule has 0 N–H and O–H groups in total. The number of Topliss-reactive ketones (excluding diaryl/α,β-unsaturated/α-hetero) is 1. The zero-order chi connectivity index (χ0) is 12.8. The average molecular weight is 264 g/mol. The van der Waals surface area contributed by atoms with Crippen LogP contribution in [0.5, 0.6) is 0 Å². The van der Waals surface area contributed by atoms with E-state index in [2.05, 4.69) is 24.4 Å². The fraction of sp³-hybridized carbons (Fsp3) is 0.688. The van der Waals surface area contributed by atoms with Crippen LogP contribution >= 0.6 is 11.3 Å². The van der Waals surface area contributed by atoms with E-state index >= 15 is 0 Å². The minimum Gasteiger partial charge on any atom is -0.299 e. The van der Waals surface area contributed by atoms with Gasteiger partial charge in [0.15, 0.2) is 0 Å². The number of hydrogen-bond donors (Lipinski definition) is 0. The van der Waals surface area contributed by atoms with Gasteiger partial charge < -0.3 is 0 Å². The highest BCUT2D eigenvalue weighted by Gasteiger charge is 2.28. The highest BCUT2D eigenvalue weighted by atomic mass is 32.1. The van der Waals surface area contributed by atoms with Gasteiger partial charge in [0, 0.05) is 17.2 Å². The Hall–Kier alpha value is -0.630. The first-order valence-corrected chi connectivity index (χ1v) is 8.24. The molecule has 1 nitrogen and oxygen atoms in total. The highest BCUT2D eigenvalue weighted by molar-refractivity contribution is 7.09. The van der Waals surface area contributed by atoms with E-state index < -0.39 is 0 Å². The van der Waals surface area contributed by atoms with Crippen molar-refractivity contribution < 1.29 is 4.79 Å². The van der Waals surface area contributed by atoms with Crippen molar-refractivity contribution in [3.8, 4) is 0 Å². The van der Waals surface area contributed by atoms with Crippen LogP contribution in [0.4, 0.5) is 0 Å². The molecular weight excluding hydrogens is 240 g/mol. The molecule has 1 aromatic heterocycles. The van der Waals surface area contributed by atoms with Gasteiger partial charge in [-0.15, -0.1) is 11.3 Å². The molecule has 2 heteroatoms. The minimum atomic E-state index is 0.382. The molecule has 1 saturated carbocycles. The second-order valence-electron chi connectivity index (χ2n) is 5.46. The van der Waals surface area contributed by atoms with E-state index in [0.29, 0.717) is 17.6 Å². The largest absolute Gasteiger partial charge is 0.299 e. The number of carbonyl (C=O) groups excluding carboxylic acids is 1. The summed E-state index contributed by atoms with van der Waals surface area (Å²) in [6.07, 6.45) is 9.10. The summed E-state index contributed by atoms with van der Waals surface area (Å²) in [6, 6.07) is 4.26. The fourth-order valence-electron chi connectivity index (χ4n) is 3.20. The molecule has 0 bridgehead atoms. The van der Waals surface area contributed by atoms with Crippen molar-refractivity contribution >= 4 is 17.1 Å². The quantitative estimate of drug-likeness (QED) is 0.717. The van der Waals surface area contributed by atoms with Gasteiger partial charge >= 0.3 is 0 Å². The second-order valence-corrected chi connectivity index (χ2v) is 6.49. The van der Waals surface area contributed by atoms with E-state index in [1.807, 2.05) is 0 Å². The first-order valence-electron chi connectivity index (χ1n) is 7.36. The second kappa shape index (κ2) is 7.08. The van der Waals surface area contributed by atoms with Gasteiger partial charge in [-0.2, -0.15) is 0 Å². The Morgan fingerprint density at radius 1 is 1.39 bits per heavy atom. The van der Waals surface area contributed by atoms with Crippen LogP contribution in [0.1, 0.15) is 56.7 Å². The van der Waals surface area contributed by atoms with E-state index in [1.165, 1.54) is 30.6 Å². The monoisotopic (exact) mass is 264 g/mol. The number of aryl methyl sites for hydroxylation is 1. The lowest BCUT2D eigenvalue weighted by Gasteiger charge is -2.29. The summed E-state index contributed by atoms with van der Waals surface area (Å²) in [6.45, 7) is 2.24. The van der Waals surface area contributed by atoms with Gasteiger partial charge in [0.05, 0.1) is 0 Å². The number of thiophene rings is 1. The number of ketones is 1. The summed E-state index contributed by atoms with van der Waals surface area (Å²) in [5, 5.41) is 2.12. The molecule has 0 amide bonds. The maximum atomic E-state index is 12.3. The Bertz CT molecular complexity index is 355. The van der Waals surface area contributed by atoms with Gasteiger partial charge in [-0.3, -0.25) is 4.79 Å². The van der Waals surface area contributed by atoms with Crippen LogP contribution in [0.2, 0.25) is 0 Å². The normalized spacial score (nSPS) is 24.1. The van der Waals surface area contributed by atoms with Crippen molar-refractivity contribution in [2.24, 2.45) is 11.8 Å². The van der Waals surface area contributed by atoms with Crippen molar-refractivity contribution in [2.45, 2.75) is 58.3 Å². The van der Waals surface area contributed by atoms with Gasteiger partial charge in [0.1, 0.15) is 5.78 Å². The van der Waals surface area contributed by atoms with E-state index in [4.69, 9.17) is 0 Å². The SMILES string of the molecule is CCC1CCCCC1C(=O)CCCc1cccs1. The maximum Gasteiger partial charge on any atom is 0.136 e. The molecule has 0 aromatic carbocycles. The molecule has 18 heavy (non-hydrogen) atoms. The Morgan fingerprint density at radius 2 is 2.22 bits per heavy atom. The van der Waals surface area contributed by atoms with Crippen LogP contribution < -0.4 is 0 Å². The molecule has 1 fully saturated rings. The van der Waals surface area contributed by atoms with Crippen molar-refractivity contribution in [2.75, 3.05) is 0 Å². The van der Waals surface area contributed by atoms with E-state index in [1.54, 1.807) is 11.3 Å². The zero-order valence-electron chi connectivity index (χ0n) is 11.4. The van der Waals surface area contributed by atoms with Gasteiger partial charge in [0.2, 0.25) is 0 Å².